The van der Waals surface area contributed by atoms with Gasteiger partial charge < -0.3 is 14.5 Å². The van der Waals surface area contributed by atoms with E-state index in [4.69, 9.17) is 20.8 Å². The zero-order valence-corrected chi connectivity index (χ0v) is 22.4. The molecular formula is C29H17ClN4O6S. The maximum absolute atomic E-state index is 12.6. The van der Waals surface area contributed by atoms with Crippen LogP contribution in [0.2, 0.25) is 5.02 Å². The van der Waals surface area contributed by atoms with Crippen LogP contribution in [0.15, 0.2) is 87.4 Å². The number of carbonyl (C=O) groups excluding carboxylic acids is 1. The minimum Gasteiger partial charge on any atom is -0.483 e. The number of allylic oxidation sites excluding steroid dienone is 1. The average molecular weight is 585 g/mol. The first kappa shape index (κ1) is 27.3. The normalized spacial score (nSPS) is 11.2. The van der Waals surface area contributed by atoms with Gasteiger partial charge >= 0.3 is 5.63 Å². The van der Waals surface area contributed by atoms with Crippen LogP contribution >= 0.6 is 22.9 Å². The van der Waals surface area contributed by atoms with Crippen molar-refractivity contribution >= 4 is 62.8 Å². The number of benzene rings is 3. The van der Waals surface area contributed by atoms with Gasteiger partial charge in [0.1, 0.15) is 22.4 Å². The number of nitro benzene ring substituents is 1. The third-order valence-electron chi connectivity index (χ3n) is 5.75. The quantitative estimate of drug-likeness (QED) is 0.0932. The Balaban J connectivity index is 1.45. The Morgan fingerprint density at radius 3 is 2.73 bits per heavy atom. The number of hydrogen-bond acceptors (Lipinski definition) is 9. The zero-order valence-electron chi connectivity index (χ0n) is 20.9. The predicted molar refractivity (Wildman–Crippen MR) is 156 cm³/mol. The highest BCUT2D eigenvalue weighted by Gasteiger charge is 2.17. The number of non-ortho nitro benzene ring substituents is 1. The minimum atomic E-state index is -0.609. The molecule has 0 unspecified atom stereocenters. The molecule has 0 aliphatic carbocycles. The van der Waals surface area contributed by atoms with E-state index in [9.17, 15) is 25.0 Å². The summed E-state index contributed by atoms with van der Waals surface area (Å²) in [6.45, 7) is -0.376. The Labute approximate surface area is 240 Å². The SMILES string of the molecule is N#CC(=Cc1cc([N+](=O)[O-])ccc1OCC(=O)Nc1ccccc1)c1nc(-c2cc3cc(Cl)ccc3oc2=O)cs1. The summed E-state index contributed by atoms with van der Waals surface area (Å²) in [5.74, 6) is -0.291. The molecule has 2 heterocycles. The van der Waals surface area contributed by atoms with E-state index in [2.05, 4.69) is 10.3 Å². The smallest absolute Gasteiger partial charge is 0.345 e. The van der Waals surface area contributed by atoms with Crippen molar-refractivity contribution in [3.8, 4) is 23.1 Å². The van der Waals surface area contributed by atoms with Crippen LogP contribution in [0.4, 0.5) is 11.4 Å². The second-order valence-electron chi connectivity index (χ2n) is 8.52. The second kappa shape index (κ2) is 11.8. The van der Waals surface area contributed by atoms with Crippen molar-refractivity contribution in [1.82, 2.24) is 4.98 Å². The summed E-state index contributed by atoms with van der Waals surface area (Å²) in [5, 5.41) is 27.0. The topological polar surface area (TPSA) is 148 Å². The van der Waals surface area contributed by atoms with Gasteiger partial charge in [-0.25, -0.2) is 9.78 Å². The molecule has 2 aromatic heterocycles. The van der Waals surface area contributed by atoms with Crippen LogP contribution in [0, 0.1) is 21.4 Å². The fourth-order valence-electron chi connectivity index (χ4n) is 3.85. The molecule has 3 aromatic carbocycles. The molecule has 0 radical (unpaired) electrons. The molecule has 0 fully saturated rings. The lowest BCUT2D eigenvalue weighted by atomic mass is 10.1. The number of nitro groups is 1. The molecule has 12 heteroatoms. The standard InChI is InChI=1S/C29H17ClN4O6S/c30-20-6-8-26-18(11-20)13-23(29(36)40-26)24-16-41-28(33-24)19(14-31)10-17-12-22(34(37)38)7-9-25(17)39-15-27(35)32-21-4-2-1-3-5-21/h1-13,16H,15H2,(H,32,35). The molecule has 0 spiro atoms. The first-order valence-corrected chi connectivity index (χ1v) is 13.1. The summed E-state index contributed by atoms with van der Waals surface area (Å²) in [6, 6.07) is 21.1. The van der Waals surface area contributed by atoms with Crippen molar-refractivity contribution < 1.29 is 18.9 Å². The number of halogens is 1. The molecule has 1 N–H and O–H groups in total. The molecule has 202 valence electrons. The van der Waals surface area contributed by atoms with Gasteiger partial charge in [-0.2, -0.15) is 5.26 Å². The molecule has 10 nitrogen and oxygen atoms in total. The van der Waals surface area contributed by atoms with Crippen LogP contribution in [-0.2, 0) is 4.79 Å². The van der Waals surface area contributed by atoms with Crippen LogP contribution in [0.25, 0.3) is 33.9 Å². The number of amides is 1. The highest BCUT2D eigenvalue weighted by Crippen LogP contribution is 2.31. The summed E-state index contributed by atoms with van der Waals surface area (Å²) in [7, 11) is 0. The van der Waals surface area contributed by atoms with Gasteiger partial charge in [-0.05, 0) is 48.5 Å². The van der Waals surface area contributed by atoms with Gasteiger partial charge in [0.05, 0.1) is 21.8 Å². The lowest BCUT2D eigenvalue weighted by molar-refractivity contribution is -0.384. The van der Waals surface area contributed by atoms with E-state index in [1.165, 1.54) is 24.3 Å². The van der Waals surface area contributed by atoms with Crippen molar-refractivity contribution in [2.45, 2.75) is 0 Å². The maximum Gasteiger partial charge on any atom is 0.345 e. The Hall–Kier alpha value is -5.31. The summed E-state index contributed by atoms with van der Waals surface area (Å²) in [6.07, 6.45) is 1.38. The number of hydrogen-bond donors (Lipinski definition) is 1. The Bertz CT molecular complexity index is 1930. The zero-order chi connectivity index (χ0) is 28.9. The van der Waals surface area contributed by atoms with Crippen molar-refractivity contribution in [3.05, 3.63) is 114 Å². The van der Waals surface area contributed by atoms with Crippen molar-refractivity contribution in [1.29, 1.82) is 5.26 Å². The Morgan fingerprint density at radius 2 is 1.98 bits per heavy atom. The number of anilines is 1. The fraction of sp³-hybridized carbons (Fsp3) is 0.0345. The summed E-state index contributed by atoms with van der Waals surface area (Å²) in [5.41, 5.74) is 0.836. The van der Waals surface area contributed by atoms with E-state index < -0.39 is 16.5 Å². The van der Waals surface area contributed by atoms with Gasteiger partial charge in [0, 0.05) is 39.2 Å². The lowest BCUT2D eigenvalue weighted by Crippen LogP contribution is -2.20. The van der Waals surface area contributed by atoms with Crippen LogP contribution in [0.5, 0.6) is 5.75 Å². The molecule has 0 aliphatic rings. The number of carbonyl (C=O) groups is 1. The van der Waals surface area contributed by atoms with Gasteiger partial charge in [0.25, 0.3) is 11.6 Å². The first-order chi connectivity index (χ1) is 19.8. The molecule has 5 rings (SSSR count). The maximum atomic E-state index is 12.6. The van der Waals surface area contributed by atoms with Crippen molar-refractivity contribution in [2.75, 3.05) is 11.9 Å². The molecule has 1 amide bonds. The predicted octanol–water partition coefficient (Wildman–Crippen LogP) is 6.56. The fourth-order valence-corrected chi connectivity index (χ4v) is 4.81. The van der Waals surface area contributed by atoms with E-state index in [-0.39, 0.29) is 45.4 Å². The van der Waals surface area contributed by atoms with E-state index in [1.807, 2.05) is 12.1 Å². The van der Waals surface area contributed by atoms with Crippen molar-refractivity contribution in [2.24, 2.45) is 0 Å². The third kappa shape index (κ3) is 6.30. The molecule has 0 bridgehead atoms. The largest absolute Gasteiger partial charge is 0.483 e. The highest BCUT2D eigenvalue weighted by molar-refractivity contribution is 7.11. The van der Waals surface area contributed by atoms with E-state index >= 15 is 0 Å². The summed E-state index contributed by atoms with van der Waals surface area (Å²) >= 11 is 7.17. The Morgan fingerprint density at radius 1 is 1.17 bits per heavy atom. The number of ether oxygens (including phenoxy) is 1. The van der Waals surface area contributed by atoms with Gasteiger partial charge in [0.2, 0.25) is 0 Å². The Kier molecular flexibility index (Phi) is 7.87. The average Bonchev–Trinajstić information content (AvgIpc) is 3.45. The summed E-state index contributed by atoms with van der Waals surface area (Å²) < 4.78 is 11.0. The number of para-hydroxylation sites is 1. The number of fused-ring (bicyclic) bond motifs is 1. The molecular weight excluding hydrogens is 568 g/mol. The molecule has 5 aromatic rings. The highest BCUT2D eigenvalue weighted by atomic mass is 35.5. The number of aromatic nitrogens is 1. The second-order valence-corrected chi connectivity index (χ2v) is 9.81. The third-order valence-corrected chi connectivity index (χ3v) is 6.86. The number of nitriles is 1. The summed E-state index contributed by atoms with van der Waals surface area (Å²) in [4.78, 5) is 40.3. The molecule has 0 aliphatic heterocycles. The van der Waals surface area contributed by atoms with Crippen LogP contribution in [0.1, 0.15) is 10.6 Å². The first-order valence-electron chi connectivity index (χ1n) is 11.9. The lowest BCUT2D eigenvalue weighted by Gasteiger charge is -2.10. The molecule has 41 heavy (non-hydrogen) atoms. The van der Waals surface area contributed by atoms with Gasteiger partial charge in [-0.3, -0.25) is 14.9 Å². The van der Waals surface area contributed by atoms with E-state index in [0.29, 0.717) is 21.7 Å². The number of thiazole rings is 1. The number of nitrogens with one attached hydrogen (secondary N) is 1. The van der Waals surface area contributed by atoms with Gasteiger partial charge in [-0.1, -0.05) is 29.8 Å². The van der Waals surface area contributed by atoms with Crippen LogP contribution in [-0.4, -0.2) is 22.4 Å². The monoisotopic (exact) mass is 584 g/mol. The van der Waals surface area contributed by atoms with E-state index in [1.54, 1.807) is 53.9 Å². The van der Waals surface area contributed by atoms with Gasteiger partial charge in [0.15, 0.2) is 6.61 Å². The molecule has 0 saturated heterocycles. The van der Waals surface area contributed by atoms with Crippen LogP contribution < -0.4 is 15.7 Å². The molecule has 0 saturated carbocycles. The molecule has 0 atom stereocenters. The van der Waals surface area contributed by atoms with Gasteiger partial charge in [-0.15, -0.1) is 11.3 Å². The minimum absolute atomic E-state index is 0.0635. The van der Waals surface area contributed by atoms with Crippen LogP contribution in [0.3, 0.4) is 0 Å². The van der Waals surface area contributed by atoms with E-state index in [0.717, 1.165) is 11.3 Å². The number of rotatable bonds is 8. The van der Waals surface area contributed by atoms with Crippen molar-refractivity contribution in [3.63, 3.8) is 0 Å². The number of nitrogens with zero attached hydrogens (tertiary/aromatic N) is 3.